The van der Waals surface area contributed by atoms with Crippen molar-refractivity contribution in [3.05, 3.63) is 34.0 Å². The second-order valence-electron chi connectivity index (χ2n) is 3.83. The Labute approximate surface area is 108 Å². The number of nitrogens with zero attached hydrogens (tertiary/aromatic N) is 3. The number of thiophene rings is 1. The molecule has 0 aliphatic carbocycles. The van der Waals surface area contributed by atoms with E-state index < -0.39 is 5.97 Å². The summed E-state index contributed by atoms with van der Waals surface area (Å²) in [7, 11) is 1.84. The second kappa shape index (κ2) is 5.74. The summed E-state index contributed by atoms with van der Waals surface area (Å²) >= 11 is 1.29. The third-order valence-electron chi connectivity index (χ3n) is 2.34. The lowest BCUT2D eigenvalue weighted by molar-refractivity contribution is 0.0702. The SMILES string of the molecule is Cn1cnc(CCNCc2ccc(C(=O)O)s2)n1. The van der Waals surface area contributed by atoms with Crippen LogP contribution in [0.5, 0.6) is 0 Å². The molecule has 7 heteroatoms. The predicted molar refractivity (Wildman–Crippen MR) is 67.7 cm³/mol. The van der Waals surface area contributed by atoms with Gasteiger partial charge in [-0.05, 0) is 12.1 Å². The van der Waals surface area contributed by atoms with Crippen LogP contribution in [0.25, 0.3) is 0 Å². The summed E-state index contributed by atoms with van der Waals surface area (Å²) in [6.45, 7) is 1.44. The number of nitrogens with one attached hydrogen (secondary N) is 1. The first kappa shape index (κ1) is 12.7. The van der Waals surface area contributed by atoms with Gasteiger partial charge in [-0.15, -0.1) is 11.3 Å². The minimum Gasteiger partial charge on any atom is -0.477 e. The smallest absolute Gasteiger partial charge is 0.345 e. The second-order valence-corrected chi connectivity index (χ2v) is 5.00. The highest BCUT2D eigenvalue weighted by molar-refractivity contribution is 7.13. The average molecular weight is 266 g/mol. The Hall–Kier alpha value is -1.73. The van der Waals surface area contributed by atoms with Crippen LogP contribution in [0.2, 0.25) is 0 Å². The van der Waals surface area contributed by atoms with Crippen molar-refractivity contribution in [1.82, 2.24) is 20.1 Å². The van der Waals surface area contributed by atoms with Crippen LogP contribution in [-0.4, -0.2) is 32.4 Å². The quantitative estimate of drug-likeness (QED) is 0.760. The van der Waals surface area contributed by atoms with Crippen molar-refractivity contribution in [3.8, 4) is 0 Å². The number of hydrogen-bond donors (Lipinski definition) is 2. The summed E-state index contributed by atoms with van der Waals surface area (Å²) in [5.74, 6) is -0.0636. The van der Waals surface area contributed by atoms with E-state index >= 15 is 0 Å². The molecule has 0 unspecified atom stereocenters. The highest BCUT2D eigenvalue weighted by Crippen LogP contribution is 2.15. The van der Waals surface area contributed by atoms with Gasteiger partial charge in [-0.2, -0.15) is 5.10 Å². The maximum absolute atomic E-state index is 10.7. The number of aromatic nitrogens is 3. The van der Waals surface area contributed by atoms with E-state index in [1.54, 1.807) is 17.1 Å². The summed E-state index contributed by atoms with van der Waals surface area (Å²) in [5.41, 5.74) is 0. The molecule has 0 aliphatic heterocycles. The standard InChI is InChI=1S/C11H14N4O2S/c1-15-7-13-10(14-15)4-5-12-6-8-2-3-9(18-8)11(16)17/h2-3,7,12H,4-6H2,1H3,(H,16,17). The molecule has 0 saturated carbocycles. The average Bonchev–Trinajstić information content (AvgIpc) is 2.93. The summed E-state index contributed by atoms with van der Waals surface area (Å²) in [6, 6.07) is 3.46. The number of carboxylic acids is 1. The topological polar surface area (TPSA) is 80.0 Å². The maximum atomic E-state index is 10.7. The predicted octanol–water partition coefficient (Wildman–Crippen LogP) is 0.907. The van der Waals surface area contributed by atoms with Crippen LogP contribution < -0.4 is 5.32 Å². The first-order valence-electron chi connectivity index (χ1n) is 5.52. The van der Waals surface area contributed by atoms with Gasteiger partial charge < -0.3 is 10.4 Å². The van der Waals surface area contributed by atoms with Gasteiger partial charge in [0, 0.05) is 31.4 Å². The van der Waals surface area contributed by atoms with E-state index in [1.807, 2.05) is 13.1 Å². The lowest BCUT2D eigenvalue weighted by Gasteiger charge is -2.00. The van der Waals surface area contributed by atoms with Gasteiger partial charge in [-0.25, -0.2) is 9.78 Å². The van der Waals surface area contributed by atoms with Crippen molar-refractivity contribution in [2.45, 2.75) is 13.0 Å². The molecule has 0 spiro atoms. The molecule has 2 aromatic heterocycles. The van der Waals surface area contributed by atoms with E-state index in [-0.39, 0.29) is 0 Å². The Kier molecular flexibility index (Phi) is 4.06. The van der Waals surface area contributed by atoms with Crippen molar-refractivity contribution in [1.29, 1.82) is 0 Å². The molecule has 18 heavy (non-hydrogen) atoms. The lowest BCUT2D eigenvalue weighted by Crippen LogP contribution is -2.16. The molecule has 2 heterocycles. The van der Waals surface area contributed by atoms with Crippen LogP contribution in [0.4, 0.5) is 0 Å². The van der Waals surface area contributed by atoms with Crippen molar-refractivity contribution in [2.75, 3.05) is 6.54 Å². The normalized spacial score (nSPS) is 10.7. The summed E-state index contributed by atoms with van der Waals surface area (Å²) in [5, 5.41) is 16.2. The molecule has 2 aromatic rings. The number of carboxylic acid groups (broad SMARTS) is 1. The van der Waals surface area contributed by atoms with Crippen LogP contribution in [0.1, 0.15) is 20.4 Å². The van der Waals surface area contributed by atoms with Crippen LogP contribution in [-0.2, 0) is 20.0 Å². The third kappa shape index (κ3) is 3.38. The van der Waals surface area contributed by atoms with E-state index in [4.69, 9.17) is 5.11 Å². The van der Waals surface area contributed by atoms with Crippen molar-refractivity contribution in [2.24, 2.45) is 7.05 Å². The number of aryl methyl sites for hydroxylation is 1. The summed E-state index contributed by atoms with van der Waals surface area (Å²) < 4.78 is 1.67. The zero-order valence-electron chi connectivity index (χ0n) is 9.96. The van der Waals surface area contributed by atoms with E-state index in [2.05, 4.69) is 15.4 Å². The first-order valence-corrected chi connectivity index (χ1v) is 6.34. The monoisotopic (exact) mass is 266 g/mol. The minimum atomic E-state index is -0.871. The molecule has 2 rings (SSSR count). The van der Waals surface area contributed by atoms with Gasteiger partial charge in [0.25, 0.3) is 0 Å². The van der Waals surface area contributed by atoms with Crippen molar-refractivity contribution < 1.29 is 9.90 Å². The van der Waals surface area contributed by atoms with E-state index in [0.29, 0.717) is 11.4 Å². The molecule has 0 aromatic carbocycles. The van der Waals surface area contributed by atoms with Gasteiger partial charge in [0.2, 0.25) is 0 Å². The van der Waals surface area contributed by atoms with Gasteiger partial charge >= 0.3 is 5.97 Å². The fourth-order valence-corrected chi connectivity index (χ4v) is 2.31. The van der Waals surface area contributed by atoms with Crippen LogP contribution in [0.3, 0.4) is 0 Å². The maximum Gasteiger partial charge on any atom is 0.345 e. The molecule has 0 fully saturated rings. The van der Waals surface area contributed by atoms with E-state index in [1.165, 1.54) is 11.3 Å². The highest BCUT2D eigenvalue weighted by atomic mass is 32.1. The molecule has 2 N–H and O–H groups in total. The number of carbonyl (C=O) groups is 1. The zero-order valence-corrected chi connectivity index (χ0v) is 10.8. The van der Waals surface area contributed by atoms with Gasteiger partial charge in [-0.1, -0.05) is 0 Å². The van der Waals surface area contributed by atoms with E-state index in [9.17, 15) is 4.79 Å². The molecular formula is C11H14N4O2S. The Balaban J connectivity index is 1.73. The van der Waals surface area contributed by atoms with Crippen LogP contribution >= 0.6 is 11.3 Å². The summed E-state index contributed by atoms with van der Waals surface area (Å²) in [4.78, 5) is 16.2. The molecule has 0 amide bonds. The molecular weight excluding hydrogens is 252 g/mol. The third-order valence-corrected chi connectivity index (χ3v) is 3.42. The number of hydrogen-bond acceptors (Lipinski definition) is 5. The molecule has 96 valence electrons. The Morgan fingerprint density at radius 1 is 1.56 bits per heavy atom. The molecule has 6 nitrogen and oxygen atoms in total. The Morgan fingerprint density at radius 3 is 3.00 bits per heavy atom. The first-order chi connectivity index (χ1) is 8.65. The lowest BCUT2D eigenvalue weighted by atomic mass is 10.4. The molecule has 0 saturated heterocycles. The largest absolute Gasteiger partial charge is 0.477 e. The molecule has 0 atom stereocenters. The van der Waals surface area contributed by atoms with Gasteiger partial charge in [-0.3, -0.25) is 4.68 Å². The highest BCUT2D eigenvalue weighted by Gasteiger charge is 2.06. The fraction of sp³-hybridized carbons (Fsp3) is 0.364. The van der Waals surface area contributed by atoms with Crippen LogP contribution in [0.15, 0.2) is 18.5 Å². The molecule has 0 aliphatic rings. The zero-order chi connectivity index (χ0) is 13.0. The minimum absolute atomic E-state index is 0.373. The van der Waals surface area contributed by atoms with Gasteiger partial charge in [0.1, 0.15) is 11.2 Å². The van der Waals surface area contributed by atoms with Crippen molar-refractivity contribution in [3.63, 3.8) is 0 Å². The summed E-state index contributed by atoms with van der Waals surface area (Å²) in [6.07, 6.45) is 2.44. The molecule has 0 radical (unpaired) electrons. The van der Waals surface area contributed by atoms with Gasteiger partial charge in [0.15, 0.2) is 5.82 Å². The van der Waals surface area contributed by atoms with Gasteiger partial charge in [0.05, 0.1) is 0 Å². The van der Waals surface area contributed by atoms with E-state index in [0.717, 1.165) is 23.7 Å². The van der Waals surface area contributed by atoms with Crippen molar-refractivity contribution >= 4 is 17.3 Å². The number of rotatable bonds is 6. The number of aromatic carboxylic acids is 1. The molecule has 0 bridgehead atoms. The Morgan fingerprint density at radius 2 is 2.39 bits per heavy atom. The Bertz CT molecular complexity index is 535. The fourth-order valence-electron chi connectivity index (χ4n) is 1.50. The van der Waals surface area contributed by atoms with Crippen LogP contribution in [0, 0.1) is 0 Å².